The van der Waals surface area contributed by atoms with Gasteiger partial charge in [-0.2, -0.15) is 0 Å². The molecule has 1 rings (SSSR count). The molecule has 0 aliphatic rings. The van der Waals surface area contributed by atoms with Crippen molar-refractivity contribution < 1.29 is 19.8 Å². The van der Waals surface area contributed by atoms with E-state index in [1.54, 1.807) is 12.1 Å². The third-order valence-electron chi connectivity index (χ3n) is 2.47. The van der Waals surface area contributed by atoms with Crippen LogP contribution in [0.25, 0.3) is 0 Å². The molecular weight excluding hydrogens is 316 g/mol. The second kappa shape index (κ2) is 6.53. The molecule has 0 saturated carbocycles. The molecule has 0 heterocycles. The molecule has 0 fully saturated rings. The molecule has 6 nitrogen and oxygen atoms in total. The fourth-order valence-corrected chi connectivity index (χ4v) is 1.93. The molecule has 1 aromatic carbocycles. The zero-order valence-electron chi connectivity index (χ0n) is 10.5. The average Bonchev–Trinajstić information content (AvgIpc) is 2.29. The molecule has 7 heteroatoms. The van der Waals surface area contributed by atoms with Crippen molar-refractivity contribution >= 4 is 33.6 Å². The minimum absolute atomic E-state index is 0.565. The Bertz CT molecular complexity index is 491. The second-order valence-corrected chi connectivity index (χ2v) is 5.03. The number of carboxylic acid groups (broad SMARTS) is 1. The van der Waals surface area contributed by atoms with E-state index in [1.807, 2.05) is 13.0 Å². The summed E-state index contributed by atoms with van der Waals surface area (Å²) in [5, 5.41) is 22.8. The number of anilines is 1. The first-order chi connectivity index (χ1) is 8.81. The van der Waals surface area contributed by atoms with Gasteiger partial charge in [-0.3, -0.25) is 0 Å². The van der Waals surface area contributed by atoms with Crippen molar-refractivity contribution in [3.05, 3.63) is 28.2 Å². The lowest BCUT2D eigenvalue weighted by Gasteiger charge is -2.18. The molecule has 0 aliphatic heterocycles. The Hall–Kier alpha value is -1.60. The largest absolute Gasteiger partial charge is 0.480 e. The molecule has 19 heavy (non-hydrogen) atoms. The van der Waals surface area contributed by atoms with Gasteiger partial charge in [0.15, 0.2) is 6.04 Å². The quantitative estimate of drug-likeness (QED) is 0.675. The number of hydrogen-bond acceptors (Lipinski definition) is 3. The number of amides is 2. The number of nitrogens with one attached hydrogen (secondary N) is 2. The van der Waals surface area contributed by atoms with Crippen LogP contribution in [0.4, 0.5) is 10.5 Å². The van der Waals surface area contributed by atoms with E-state index < -0.39 is 24.1 Å². The monoisotopic (exact) mass is 330 g/mol. The van der Waals surface area contributed by atoms with Crippen molar-refractivity contribution in [3.8, 4) is 0 Å². The average molecular weight is 331 g/mol. The van der Waals surface area contributed by atoms with Crippen molar-refractivity contribution in [1.29, 1.82) is 0 Å². The maximum absolute atomic E-state index is 11.7. The van der Waals surface area contributed by atoms with E-state index in [1.165, 1.54) is 6.92 Å². The molecule has 0 spiro atoms. The van der Waals surface area contributed by atoms with Crippen molar-refractivity contribution in [2.24, 2.45) is 0 Å². The van der Waals surface area contributed by atoms with Crippen LogP contribution in [0, 0.1) is 6.92 Å². The Morgan fingerprint density at radius 1 is 1.37 bits per heavy atom. The molecule has 104 valence electrons. The predicted octanol–water partition coefficient (Wildman–Crippen LogP) is 1.71. The lowest BCUT2D eigenvalue weighted by Crippen LogP contribution is -2.49. The Morgan fingerprint density at radius 3 is 2.47 bits per heavy atom. The SMILES string of the molecule is Cc1cc(Br)ccc1NC(=O)NC(C(=O)O)C(C)O. The smallest absolute Gasteiger partial charge is 0.328 e. The third-order valence-corrected chi connectivity index (χ3v) is 2.96. The Kier molecular flexibility index (Phi) is 5.31. The maximum Gasteiger partial charge on any atom is 0.328 e. The first-order valence-corrected chi connectivity index (χ1v) is 6.35. The highest BCUT2D eigenvalue weighted by Gasteiger charge is 2.24. The summed E-state index contributed by atoms with van der Waals surface area (Å²) < 4.78 is 0.878. The van der Waals surface area contributed by atoms with Gasteiger partial charge in [0, 0.05) is 10.2 Å². The summed E-state index contributed by atoms with van der Waals surface area (Å²) in [5.74, 6) is -1.29. The molecule has 1 aromatic rings. The van der Waals surface area contributed by atoms with E-state index >= 15 is 0 Å². The molecule has 4 N–H and O–H groups in total. The highest BCUT2D eigenvalue weighted by molar-refractivity contribution is 9.10. The van der Waals surface area contributed by atoms with E-state index in [0.717, 1.165) is 10.0 Å². The van der Waals surface area contributed by atoms with Gasteiger partial charge in [0.05, 0.1) is 6.10 Å². The summed E-state index contributed by atoms with van der Waals surface area (Å²) in [6.45, 7) is 3.10. The lowest BCUT2D eigenvalue weighted by atomic mass is 10.2. The van der Waals surface area contributed by atoms with Gasteiger partial charge < -0.3 is 20.8 Å². The van der Waals surface area contributed by atoms with Crippen LogP contribution in [-0.4, -0.2) is 34.4 Å². The molecule has 0 bridgehead atoms. The molecule has 2 unspecified atom stereocenters. The summed E-state index contributed by atoms with van der Waals surface area (Å²) >= 11 is 3.30. The van der Waals surface area contributed by atoms with Crippen LogP contribution in [0.2, 0.25) is 0 Å². The predicted molar refractivity (Wildman–Crippen MR) is 74.1 cm³/mol. The molecule has 0 saturated heterocycles. The van der Waals surface area contributed by atoms with Gasteiger partial charge in [0.25, 0.3) is 0 Å². The normalized spacial score (nSPS) is 13.5. The minimum atomic E-state index is -1.35. The highest BCUT2D eigenvalue weighted by Crippen LogP contribution is 2.19. The Balaban J connectivity index is 2.72. The van der Waals surface area contributed by atoms with Crippen molar-refractivity contribution in [3.63, 3.8) is 0 Å². The number of urea groups is 1. The Morgan fingerprint density at radius 2 is 2.00 bits per heavy atom. The summed E-state index contributed by atoms with van der Waals surface area (Å²) in [4.78, 5) is 22.5. The van der Waals surface area contributed by atoms with Crippen LogP contribution in [0.3, 0.4) is 0 Å². The molecule has 0 aromatic heterocycles. The third kappa shape index (κ3) is 4.53. The standard InChI is InChI=1S/C12H15BrN2O4/c1-6-5-8(13)3-4-9(6)14-12(19)15-10(7(2)16)11(17)18/h3-5,7,10,16H,1-2H3,(H,17,18)(H2,14,15,19). The highest BCUT2D eigenvalue weighted by atomic mass is 79.9. The van der Waals surface area contributed by atoms with Gasteiger partial charge >= 0.3 is 12.0 Å². The lowest BCUT2D eigenvalue weighted by molar-refractivity contribution is -0.141. The number of hydrogen-bond donors (Lipinski definition) is 4. The molecule has 0 radical (unpaired) electrons. The van der Waals surface area contributed by atoms with E-state index in [9.17, 15) is 14.7 Å². The van der Waals surface area contributed by atoms with Crippen LogP contribution < -0.4 is 10.6 Å². The molecular formula is C12H15BrN2O4. The van der Waals surface area contributed by atoms with E-state index in [-0.39, 0.29) is 0 Å². The number of rotatable bonds is 4. The summed E-state index contributed by atoms with van der Waals surface area (Å²) in [7, 11) is 0. The zero-order valence-corrected chi connectivity index (χ0v) is 12.1. The Labute approximate surface area is 118 Å². The first kappa shape index (κ1) is 15.5. The van der Waals surface area contributed by atoms with Crippen LogP contribution in [0.1, 0.15) is 12.5 Å². The van der Waals surface area contributed by atoms with Crippen LogP contribution in [0.5, 0.6) is 0 Å². The van der Waals surface area contributed by atoms with Gasteiger partial charge in [0.2, 0.25) is 0 Å². The first-order valence-electron chi connectivity index (χ1n) is 5.56. The summed E-state index contributed by atoms with van der Waals surface area (Å²) in [5.41, 5.74) is 1.39. The van der Waals surface area contributed by atoms with Crippen molar-refractivity contribution in [1.82, 2.24) is 5.32 Å². The van der Waals surface area contributed by atoms with Crippen LogP contribution in [0.15, 0.2) is 22.7 Å². The van der Waals surface area contributed by atoms with Gasteiger partial charge in [-0.1, -0.05) is 15.9 Å². The number of aryl methyl sites for hydroxylation is 1. The van der Waals surface area contributed by atoms with E-state index in [2.05, 4.69) is 26.6 Å². The number of aliphatic hydroxyl groups excluding tert-OH is 1. The number of carbonyl (C=O) groups is 2. The molecule has 2 amide bonds. The van der Waals surface area contributed by atoms with Gasteiger partial charge in [-0.25, -0.2) is 9.59 Å². The summed E-state index contributed by atoms with van der Waals surface area (Å²) in [6, 6.07) is 3.23. The number of carboxylic acids is 1. The number of benzene rings is 1. The van der Waals surface area contributed by atoms with E-state index in [0.29, 0.717) is 5.69 Å². The fourth-order valence-electron chi connectivity index (χ4n) is 1.46. The van der Waals surface area contributed by atoms with Gasteiger partial charge in [0.1, 0.15) is 0 Å². The fraction of sp³-hybridized carbons (Fsp3) is 0.333. The molecule has 0 aliphatic carbocycles. The zero-order chi connectivity index (χ0) is 14.6. The van der Waals surface area contributed by atoms with Crippen molar-refractivity contribution in [2.45, 2.75) is 26.0 Å². The molecule has 2 atom stereocenters. The number of aliphatic hydroxyl groups is 1. The maximum atomic E-state index is 11.7. The topological polar surface area (TPSA) is 98.7 Å². The van der Waals surface area contributed by atoms with Crippen LogP contribution in [-0.2, 0) is 4.79 Å². The second-order valence-electron chi connectivity index (χ2n) is 4.11. The van der Waals surface area contributed by atoms with Crippen molar-refractivity contribution in [2.75, 3.05) is 5.32 Å². The van der Waals surface area contributed by atoms with Gasteiger partial charge in [-0.05, 0) is 37.6 Å². The van der Waals surface area contributed by atoms with E-state index in [4.69, 9.17) is 5.11 Å². The van der Waals surface area contributed by atoms with Crippen LogP contribution >= 0.6 is 15.9 Å². The number of halogens is 1. The van der Waals surface area contributed by atoms with Gasteiger partial charge in [-0.15, -0.1) is 0 Å². The summed E-state index contributed by atoms with van der Waals surface area (Å²) in [6.07, 6.45) is -1.19. The minimum Gasteiger partial charge on any atom is -0.480 e. The number of carbonyl (C=O) groups excluding carboxylic acids is 1. The number of aliphatic carboxylic acids is 1.